The molecule has 0 radical (unpaired) electrons. The largest absolute Gasteiger partial charge is 0.372 e. The summed E-state index contributed by atoms with van der Waals surface area (Å²) in [6.07, 6.45) is 13.7. The molecule has 1 nitrogen and oxygen atoms in total. The van der Waals surface area contributed by atoms with E-state index in [1.165, 1.54) is 69.5 Å². The van der Waals surface area contributed by atoms with Gasteiger partial charge in [0.2, 0.25) is 0 Å². The molecule has 0 amide bonds. The zero-order valence-electron chi connectivity index (χ0n) is 12.4. The van der Waals surface area contributed by atoms with Gasteiger partial charge in [0.25, 0.3) is 0 Å². The Morgan fingerprint density at radius 2 is 1.40 bits per heavy atom. The maximum atomic E-state index is 9.80. The van der Waals surface area contributed by atoms with E-state index in [0.29, 0.717) is 0 Å². The molecule has 0 saturated heterocycles. The molecule has 1 unspecified atom stereocenters. The van der Waals surface area contributed by atoms with E-state index in [1.807, 2.05) is 0 Å². The van der Waals surface area contributed by atoms with Crippen molar-refractivity contribution in [3.8, 4) is 0 Å². The molecule has 2 fully saturated rings. The summed E-state index contributed by atoms with van der Waals surface area (Å²) < 4.78 is 0. The molecule has 0 aromatic heterocycles. The molecule has 0 heterocycles. The van der Waals surface area contributed by atoms with Crippen LogP contribution in [0.25, 0.3) is 0 Å². The summed E-state index contributed by atoms with van der Waals surface area (Å²) in [6, 6.07) is 6.70. The fourth-order valence-corrected chi connectivity index (χ4v) is 4.94. The van der Waals surface area contributed by atoms with Gasteiger partial charge in [0, 0.05) is 14.1 Å². The van der Waals surface area contributed by atoms with Crippen molar-refractivity contribution in [3.63, 3.8) is 0 Å². The Labute approximate surface area is 125 Å². The maximum absolute atomic E-state index is 9.80. The number of hydrogen-bond acceptors (Lipinski definition) is 1. The van der Waals surface area contributed by atoms with Crippen LogP contribution in [0.2, 0.25) is 0 Å². The Bertz CT molecular complexity index is 431. The van der Waals surface area contributed by atoms with Crippen LogP contribution in [0, 0.1) is 0 Å². The average molecular weight is 290 g/mol. The molecule has 1 aromatic carbocycles. The first-order valence-electron chi connectivity index (χ1n) is 8.43. The smallest absolute Gasteiger partial charge is 0.0423 e. The van der Waals surface area contributed by atoms with E-state index in [4.69, 9.17) is 0 Å². The highest BCUT2D eigenvalue weighted by Crippen LogP contribution is 2.41. The summed E-state index contributed by atoms with van der Waals surface area (Å²) in [5.41, 5.74) is 3.15. The van der Waals surface area contributed by atoms with Crippen LogP contribution in [-0.2, 0) is 0 Å². The van der Waals surface area contributed by atoms with E-state index in [9.17, 15) is 4.89 Å². The van der Waals surface area contributed by atoms with Crippen molar-refractivity contribution in [2.24, 2.45) is 0 Å². The minimum Gasteiger partial charge on any atom is -0.372 e. The van der Waals surface area contributed by atoms with Gasteiger partial charge in [-0.3, -0.25) is 0 Å². The van der Waals surface area contributed by atoms with Gasteiger partial charge in [0.05, 0.1) is 0 Å². The van der Waals surface area contributed by atoms with Crippen LogP contribution in [0.3, 0.4) is 0 Å². The monoisotopic (exact) mass is 290 g/mol. The van der Waals surface area contributed by atoms with Crippen LogP contribution in [0.1, 0.15) is 87.2 Å². The second kappa shape index (κ2) is 7.05. The highest BCUT2D eigenvalue weighted by molar-refractivity contribution is 7.41. The van der Waals surface area contributed by atoms with Gasteiger partial charge in [-0.15, -0.1) is 0 Å². The van der Waals surface area contributed by atoms with Gasteiger partial charge in [-0.25, -0.2) is 0 Å². The Kier molecular flexibility index (Phi) is 5.13. The van der Waals surface area contributed by atoms with Crippen molar-refractivity contribution in [2.45, 2.75) is 76.0 Å². The van der Waals surface area contributed by atoms with Crippen molar-refractivity contribution < 1.29 is 4.89 Å². The van der Waals surface area contributed by atoms with Crippen molar-refractivity contribution in [2.75, 3.05) is 0 Å². The molecule has 0 bridgehead atoms. The van der Waals surface area contributed by atoms with Gasteiger partial charge in [-0.05, 0) is 48.6 Å². The lowest BCUT2D eigenvalue weighted by molar-refractivity contribution is 0.420. The van der Waals surface area contributed by atoms with Crippen molar-refractivity contribution >= 4 is 14.1 Å². The van der Waals surface area contributed by atoms with Crippen LogP contribution in [0.15, 0.2) is 18.2 Å². The summed E-state index contributed by atoms with van der Waals surface area (Å²) in [6.45, 7) is 0. The molecule has 3 rings (SSSR count). The first-order valence-corrected chi connectivity index (χ1v) is 9.38. The summed E-state index contributed by atoms with van der Waals surface area (Å²) in [4.78, 5) is 9.80. The topological polar surface area (TPSA) is 20.2 Å². The third-order valence-electron chi connectivity index (χ3n) is 5.32. The fraction of sp³-hybridized carbons (Fsp3) is 0.667. The van der Waals surface area contributed by atoms with E-state index in [2.05, 4.69) is 18.2 Å². The van der Waals surface area contributed by atoms with Gasteiger partial charge >= 0.3 is 0 Å². The van der Waals surface area contributed by atoms with Crippen molar-refractivity contribution in [1.82, 2.24) is 0 Å². The first-order chi connectivity index (χ1) is 9.90. The first kappa shape index (κ1) is 14.5. The van der Waals surface area contributed by atoms with E-state index >= 15 is 0 Å². The maximum Gasteiger partial charge on any atom is 0.0423 e. The van der Waals surface area contributed by atoms with Crippen molar-refractivity contribution in [3.05, 3.63) is 29.3 Å². The summed E-state index contributed by atoms with van der Waals surface area (Å²) >= 11 is 0. The standard InChI is InChI=1S/C18H27OP/c19-20-17-13-7-12-16(14-8-3-1-4-9-14)18(17)15-10-5-2-6-11-15/h7,12-15,19-20H,1-6,8-11H2. The molecule has 0 aliphatic heterocycles. The molecule has 1 N–H and O–H groups in total. The highest BCUT2D eigenvalue weighted by atomic mass is 31.1. The van der Waals surface area contributed by atoms with Crippen LogP contribution in [0.5, 0.6) is 0 Å². The minimum atomic E-state index is -0.0362. The second-order valence-electron chi connectivity index (χ2n) is 6.59. The molecule has 20 heavy (non-hydrogen) atoms. The van der Waals surface area contributed by atoms with Gasteiger partial charge in [-0.1, -0.05) is 56.7 Å². The van der Waals surface area contributed by atoms with Crippen LogP contribution >= 0.6 is 8.81 Å². The molecule has 2 heteroatoms. The molecule has 1 atom stereocenters. The molecular formula is C18H27OP. The molecule has 0 spiro atoms. The quantitative estimate of drug-likeness (QED) is 0.777. The van der Waals surface area contributed by atoms with Crippen LogP contribution < -0.4 is 5.30 Å². The van der Waals surface area contributed by atoms with E-state index in [1.54, 1.807) is 11.1 Å². The van der Waals surface area contributed by atoms with Crippen LogP contribution in [0.4, 0.5) is 0 Å². The number of hydrogen-bond donors (Lipinski definition) is 1. The Morgan fingerprint density at radius 3 is 2.00 bits per heavy atom. The third-order valence-corrected chi connectivity index (χ3v) is 6.00. The van der Waals surface area contributed by atoms with E-state index < -0.39 is 0 Å². The Hall–Kier alpha value is -0.390. The lowest BCUT2D eigenvalue weighted by Crippen LogP contribution is -2.19. The van der Waals surface area contributed by atoms with E-state index in [-0.39, 0.29) is 8.81 Å². The lowest BCUT2D eigenvalue weighted by atomic mass is 9.76. The average Bonchev–Trinajstić information content (AvgIpc) is 2.55. The summed E-state index contributed by atoms with van der Waals surface area (Å²) in [5.74, 6) is 1.48. The predicted molar refractivity (Wildman–Crippen MR) is 88.3 cm³/mol. The molecule has 110 valence electrons. The molecular weight excluding hydrogens is 263 g/mol. The normalized spacial score (nSPS) is 22.6. The van der Waals surface area contributed by atoms with Crippen LogP contribution in [-0.4, -0.2) is 4.89 Å². The number of rotatable bonds is 3. The predicted octanol–water partition coefficient (Wildman–Crippen LogP) is 4.99. The Balaban J connectivity index is 1.94. The molecule has 2 aliphatic carbocycles. The summed E-state index contributed by atoms with van der Waals surface area (Å²) in [7, 11) is -0.0362. The van der Waals surface area contributed by atoms with Gasteiger partial charge in [-0.2, -0.15) is 0 Å². The second-order valence-corrected chi connectivity index (χ2v) is 7.35. The number of benzene rings is 1. The van der Waals surface area contributed by atoms with Gasteiger partial charge in [0.1, 0.15) is 0 Å². The molecule has 2 saturated carbocycles. The highest BCUT2D eigenvalue weighted by Gasteiger charge is 2.25. The SMILES string of the molecule is OPc1cccc(C2CCCCC2)c1C1CCCCC1. The minimum absolute atomic E-state index is 0.0362. The third kappa shape index (κ3) is 3.10. The molecule has 1 aromatic rings. The zero-order chi connectivity index (χ0) is 13.8. The zero-order valence-corrected chi connectivity index (χ0v) is 13.4. The van der Waals surface area contributed by atoms with Gasteiger partial charge in [0.15, 0.2) is 0 Å². The fourth-order valence-electron chi connectivity index (χ4n) is 4.30. The van der Waals surface area contributed by atoms with E-state index in [0.717, 1.165) is 11.8 Å². The van der Waals surface area contributed by atoms with Gasteiger partial charge < -0.3 is 4.89 Å². The molecule has 2 aliphatic rings. The Morgan fingerprint density at radius 1 is 0.800 bits per heavy atom. The van der Waals surface area contributed by atoms with Crippen molar-refractivity contribution in [1.29, 1.82) is 0 Å². The lowest BCUT2D eigenvalue weighted by Gasteiger charge is -2.31. The summed E-state index contributed by atoms with van der Waals surface area (Å²) in [5, 5.41) is 1.24.